The molecule has 2 aromatic rings. The number of hydrogen-bond acceptors (Lipinski definition) is 5. The summed E-state index contributed by atoms with van der Waals surface area (Å²) >= 11 is 0. The Morgan fingerprint density at radius 1 is 1.03 bits per heavy atom. The zero-order valence-corrected chi connectivity index (χ0v) is 17.7. The Morgan fingerprint density at radius 2 is 1.80 bits per heavy atom. The fraction of sp³-hybridized carbons (Fsp3) is 0.381. The van der Waals surface area contributed by atoms with E-state index in [2.05, 4.69) is 5.32 Å². The summed E-state index contributed by atoms with van der Waals surface area (Å²) in [6.07, 6.45) is 0.669. The number of carbonyl (C=O) groups is 1. The lowest BCUT2D eigenvalue weighted by atomic mass is 10.1. The third-order valence-electron chi connectivity index (χ3n) is 5.05. The van der Waals surface area contributed by atoms with Gasteiger partial charge in [0, 0.05) is 31.4 Å². The zero-order valence-electron chi connectivity index (χ0n) is 16.8. The maximum absolute atomic E-state index is 13.0. The highest BCUT2D eigenvalue weighted by atomic mass is 32.2. The molecule has 0 unspecified atom stereocenters. The molecule has 2 heterocycles. The second-order valence-electron chi connectivity index (χ2n) is 7.42. The molecule has 1 amide bonds. The van der Waals surface area contributed by atoms with Gasteiger partial charge in [-0.05, 0) is 31.0 Å². The van der Waals surface area contributed by atoms with E-state index in [1.54, 1.807) is 18.2 Å². The normalized spacial score (nSPS) is 18.7. The topological polar surface area (TPSA) is 88.2 Å². The minimum absolute atomic E-state index is 0.235. The number of ether oxygens (including phenoxy) is 2. The van der Waals surface area contributed by atoms with Crippen LogP contribution in [0.5, 0.6) is 11.5 Å². The summed E-state index contributed by atoms with van der Waals surface area (Å²) in [6.45, 7) is 3.74. The van der Waals surface area contributed by atoms with Crippen LogP contribution >= 0.6 is 0 Å². The first-order valence-electron chi connectivity index (χ1n) is 9.92. The number of anilines is 1. The van der Waals surface area contributed by atoms with Crippen LogP contribution in [0.3, 0.4) is 0 Å². The van der Waals surface area contributed by atoms with Gasteiger partial charge in [0.2, 0.25) is 5.91 Å². The molecule has 0 bridgehead atoms. The van der Waals surface area contributed by atoms with Crippen molar-refractivity contribution in [1.29, 1.82) is 0 Å². The quantitative estimate of drug-likeness (QED) is 0.784. The van der Waals surface area contributed by atoms with E-state index in [1.165, 1.54) is 8.61 Å². The van der Waals surface area contributed by atoms with Gasteiger partial charge in [-0.1, -0.05) is 29.8 Å². The van der Waals surface area contributed by atoms with Crippen molar-refractivity contribution in [2.45, 2.75) is 19.9 Å². The molecule has 0 atom stereocenters. The monoisotopic (exact) mass is 431 g/mol. The van der Waals surface area contributed by atoms with Crippen LogP contribution in [-0.2, 0) is 21.5 Å². The standard InChI is InChI=1S/C21H25N3O5S/c1-16-4-2-5-17(12-16)14-23-8-3-9-24(30(23,26)27)15-21(25)22-18-6-7-19-20(13-18)29-11-10-28-19/h2,4-7,12-13H,3,8-11,14-15H2,1H3,(H,22,25). The summed E-state index contributed by atoms with van der Waals surface area (Å²) in [5, 5.41) is 2.75. The van der Waals surface area contributed by atoms with Crippen LogP contribution in [0.2, 0.25) is 0 Å². The highest BCUT2D eigenvalue weighted by molar-refractivity contribution is 7.86. The SMILES string of the molecule is Cc1cccc(CN2CCCN(CC(=O)Nc3ccc4c(c3)OCCO4)S2(=O)=O)c1. The van der Waals surface area contributed by atoms with Gasteiger partial charge in [0.25, 0.3) is 10.2 Å². The lowest BCUT2D eigenvalue weighted by Crippen LogP contribution is -2.51. The van der Waals surface area contributed by atoms with Crippen molar-refractivity contribution in [3.8, 4) is 11.5 Å². The molecule has 0 saturated carbocycles. The number of rotatable bonds is 5. The molecule has 0 radical (unpaired) electrons. The molecule has 8 nitrogen and oxygen atoms in total. The number of aryl methyl sites for hydroxylation is 1. The fourth-order valence-electron chi connectivity index (χ4n) is 3.63. The van der Waals surface area contributed by atoms with E-state index in [0.29, 0.717) is 56.5 Å². The number of carbonyl (C=O) groups excluding carboxylic acids is 1. The second kappa shape index (κ2) is 8.63. The molecule has 160 valence electrons. The van der Waals surface area contributed by atoms with Crippen molar-refractivity contribution in [2.75, 3.05) is 38.2 Å². The Morgan fingerprint density at radius 3 is 2.60 bits per heavy atom. The lowest BCUT2D eigenvalue weighted by molar-refractivity contribution is -0.116. The largest absolute Gasteiger partial charge is 0.486 e. The lowest BCUT2D eigenvalue weighted by Gasteiger charge is -2.34. The summed E-state index contributed by atoms with van der Waals surface area (Å²) in [4.78, 5) is 12.5. The van der Waals surface area contributed by atoms with Crippen LogP contribution in [0, 0.1) is 6.92 Å². The van der Waals surface area contributed by atoms with Crippen molar-refractivity contribution in [3.63, 3.8) is 0 Å². The number of benzene rings is 2. The van der Waals surface area contributed by atoms with Gasteiger partial charge in [0.15, 0.2) is 11.5 Å². The molecule has 2 aromatic carbocycles. The Bertz CT molecular complexity index is 1040. The molecular formula is C21H25N3O5S. The van der Waals surface area contributed by atoms with E-state index < -0.39 is 16.1 Å². The molecule has 4 rings (SSSR count). The van der Waals surface area contributed by atoms with E-state index in [-0.39, 0.29) is 6.54 Å². The van der Waals surface area contributed by atoms with E-state index in [1.807, 2.05) is 31.2 Å². The molecule has 9 heteroatoms. The van der Waals surface area contributed by atoms with Crippen molar-refractivity contribution in [2.24, 2.45) is 0 Å². The predicted molar refractivity (Wildman–Crippen MR) is 113 cm³/mol. The van der Waals surface area contributed by atoms with Gasteiger partial charge in [0.1, 0.15) is 13.2 Å². The number of nitrogens with zero attached hydrogens (tertiary/aromatic N) is 2. The molecule has 0 spiro atoms. The minimum Gasteiger partial charge on any atom is -0.486 e. The van der Waals surface area contributed by atoms with Crippen molar-refractivity contribution in [1.82, 2.24) is 8.61 Å². The second-order valence-corrected chi connectivity index (χ2v) is 9.35. The van der Waals surface area contributed by atoms with Crippen LogP contribution < -0.4 is 14.8 Å². The van der Waals surface area contributed by atoms with Gasteiger partial charge < -0.3 is 14.8 Å². The van der Waals surface area contributed by atoms with Crippen molar-refractivity contribution < 1.29 is 22.7 Å². The molecule has 0 aromatic heterocycles. The molecular weight excluding hydrogens is 406 g/mol. The first-order chi connectivity index (χ1) is 14.4. The van der Waals surface area contributed by atoms with E-state index in [4.69, 9.17) is 9.47 Å². The zero-order chi connectivity index (χ0) is 21.1. The van der Waals surface area contributed by atoms with Gasteiger partial charge in [0.05, 0.1) is 6.54 Å². The Hall–Kier alpha value is -2.62. The fourth-order valence-corrected chi connectivity index (χ4v) is 5.27. The van der Waals surface area contributed by atoms with Gasteiger partial charge in [-0.3, -0.25) is 4.79 Å². The Kier molecular flexibility index (Phi) is 5.94. The first-order valence-corrected chi connectivity index (χ1v) is 11.3. The molecule has 30 heavy (non-hydrogen) atoms. The average Bonchev–Trinajstić information content (AvgIpc) is 2.71. The number of fused-ring (bicyclic) bond motifs is 1. The van der Waals surface area contributed by atoms with Crippen molar-refractivity contribution >= 4 is 21.8 Å². The highest BCUT2D eigenvalue weighted by Gasteiger charge is 2.34. The molecule has 1 fully saturated rings. The average molecular weight is 432 g/mol. The highest BCUT2D eigenvalue weighted by Crippen LogP contribution is 2.32. The van der Waals surface area contributed by atoms with E-state index in [9.17, 15) is 13.2 Å². The van der Waals surface area contributed by atoms with Crippen LogP contribution in [0.25, 0.3) is 0 Å². The first kappa shape index (κ1) is 20.6. The van der Waals surface area contributed by atoms with Crippen LogP contribution in [0.4, 0.5) is 5.69 Å². The third kappa shape index (κ3) is 4.58. The summed E-state index contributed by atoms with van der Waals surface area (Å²) in [5.41, 5.74) is 2.55. The number of amides is 1. The molecule has 2 aliphatic rings. The smallest absolute Gasteiger partial charge is 0.282 e. The summed E-state index contributed by atoms with van der Waals surface area (Å²) in [7, 11) is -3.72. The van der Waals surface area contributed by atoms with Gasteiger partial charge in [-0.2, -0.15) is 17.0 Å². The Balaban J connectivity index is 1.41. The van der Waals surface area contributed by atoms with Crippen LogP contribution in [0.15, 0.2) is 42.5 Å². The van der Waals surface area contributed by atoms with Gasteiger partial charge >= 0.3 is 0 Å². The van der Waals surface area contributed by atoms with E-state index >= 15 is 0 Å². The number of nitrogens with one attached hydrogen (secondary N) is 1. The van der Waals surface area contributed by atoms with E-state index in [0.717, 1.165) is 11.1 Å². The maximum atomic E-state index is 13.0. The summed E-state index contributed by atoms with van der Waals surface area (Å²) in [6, 6.07) is 12.9. The summed E-state index contributed by atoms with van der Waals surface area (Å²) < 4.78 is 39.7. The van der Waals surface area contributed by atoms with Crippen molar-refractivity contribution in [3.05, 3.63) is 53.6 Å². The molecule has 2 aliphatic heterocycles. The third-order valence-corrected chi connectivity index (χ3v) is 6.98. The predicted octanol–water partition coefficient (Wildman–Crippen LogP) is 2.16. The maximum Gasteiger partial charge on any atom is 0.282 e. The van der Waals surface area contributed by atoms with Crippen LogP contribution in [-0.4, -0.2) is 55.8 Å². The summed E-state index contributed by atoms with van der Waals surface area (Å²) in [5.74, 6) is 0.797. The minimum atomic E-state index is -3.72. The molecule has 0 aliphatic carbocycles. The Labute approximate surface area is 176 Å². The number of hydrogen-bond donors (Lipinski definition) is 1. The molecule has 1 saturated heterocycles. The van der Waals surface area contributed by atoms with Gasteiger partial charge in [-0.25, -0.2) is 0 Å². The van der Waals surface area contributed by atoms with Crippen LogP contribution in [0.1, 0.15) is 17.5 Å². The molecule has 1 N–H and O–H groups in total. The van der Waals surface area contributed by atoms with Gasteiger partial charge in [-0.15, -0.1) is 0 Å².